The predicted octanol–water partition coefficient (Wildman–Crippen LogP) is 6.04. The molecule has 23 heavy (non-hydrogen) atoms. The van der Waals surface area contributed by atoms with Gasteiger partial charge in [0.1, 0.15) is 5.78 Å². The fraction of sp³-hybridized carbons (Fsp3) is 0.667. The smallest absolute Gasteiger partial charge is 0.300 e. The van der Waals surface area contributed by atoms with Crippen LogP contribution in [-0.2, 0) is 4.79 Å². The quantitative estimate of drug-likeness (QED) is 0.449. The summed E-state index contributed by atoms with van der Waals surface area (Å²) in [5.74, 6) is 0.0251. The molecule has 0 amide bonds. The number of aliphatic imine (C=N–C) groups is 1. The molecule has 0 aromatic heterocycles. The Balaban J connectivity index is 5.24. The number of nitrogens with zero attached hydrogens (tertiary/aromatic N) is 1. The van der Waals surface area contributed by atoms with Crippen molar-refractivity contribution in [1.82, 2.24) is 0 Å². The van der Waals surface area contributed by atoms with Crippen LogP contribution in [0.5, 0.6) is 0 Å². The molecule has 0 heterocycles. The summed E-state index contributed by atoms with van der Waals surface area (Å²) in [4.78, 5) is 15.9. The van der Waals surface area contributed by atoms with Gasteiger partial charge in [-0.1, -0.05) is 39.3 Å². The van der Waals surface area contributed by atoms with Gasteiger partial charge in [0, 0.05) is 30.7 Å². The highest BCUT2D eigenvalue weighted by molar-refractivity contribution is 5.81. The molecule has 132 valence electrons. The maximum atomic E-state index is 12.9. The molecule has 0 spiro atoms. The van der Waals surface area contributed by atoms with Crippen molar-refractivity contribution in [2.75, 3.05) is 0 Å². The molecule has 0 aromatic rings. The number of carbonyl (C=O) groups is 1. The molecule has 0 fully saturated rings. The van der Waals surface area contributed by atoms with E-state index in [9.17, 15) is 18.0 Å². The van der Waals surface area contributed by atoms with Crippen LogP contribution in [0.1, 0.15) is 66.2 Å². The van der Waals surface area contributed by atoms with Gasteiger partial charge < -0.3 is 0 Å². The first-order valence-corrected chi connectivity index (χ1v) is 8.29. The molecule has 0 aromatic carbocycles. The lowest BCUT2D eigenvalue weighted by Crippen LogP contribution is -2.14. The Kier molecular flexibility index (Phi) is 10.5. The summed E-state index contributed by atoms with van der Waals surface area (Å²) >= 11 is 0. The van der Waals surface area contributed by atoms with E-state index >= 15 is 0 Å². The van der Waals surface area contributed by atoms with Crippen molar-refractivity contribution in [3.05, 3.63) is 23.4 Å². The molecular formula is C18H28F3NO. The summed E-state index contributed by atoms with van der Waals surface area (Å²) < 4.78 is 38.7. The lowest BCUT2D eigenvalue weighted by molar-refractivity contribution is -0.119. The number of hydrogen-bond acceptors (Lipinski definition) is 2. The molecule has 5 heteroatoms. The van der Waals surface area contributed by atoms with E-state index in [1.807, 2.05) is 13.8 Å². The van der Waals surface area contributed by atoms with Crippen molar-refractivity contribution in [2.45, 2.75) is 72.4 Å². The van der Waals surface area contributed by atoms with Gasteiger partial charge in [0.05, 0.1) is 5.57 Å². The maximum Gasteiger partial charge on any atom is 0.417 e. The van der Waals surface area contributed by atoms with Gasteiger partial charge in [0.15, 0.2) is 0 Å². The monoisotopic (exact) mass is 331 g/mol. The number of rotatable bonds is 10. The zero-order valence-electron chi connectivity index (χ0n) is 14.5. The van der Waals surface area contributed by atoms with Crippen molar-refractivity contribution < 1.29 is 18.0 Å². The van der Waals surface area contributed by atoms with E-state index in [4.69, 9.17) is 0 Å². The third-order valence-corrected chi connectivity index (χ3v) is 3.46. The standard InChI is InChI=1S/C18H28F3NO/c1-5-9-14(12-16(23)11-7-3)17(8-4)22-13-15(10-6-2)18(19,20)21/h8,10,13-14H,5-7,9,11-12H2,1-4H3/b15-10-,17-8-,22-13+. The van der Waals surface area contributed by atoms with Crippen molar-refractivity contribution in [3.8, 4) is 0 Å². The Labute approximate surface area is 137 Å². The third kappa shape index (κ3) is 8.72. The van der Waals surface area contributed by atoms with Gasteiger partial charge in [-0.25, -0.2) is 0 Å². The van der Waals surface area contributed by atoms with E-state index in [2.05, 4.69) is 4.99 Å². The van der Waals surface area contributed by atoms with Gasteiger partial charge in [-0.2, -0.15) is 13.2 Å². The number of ketones is 1. The molecule has 0 aliphatic heterocycles. The van der Waals surface area contributed by atoms with Crippen molar-refractivity contribution >= 4 is 12.0 Å². The van der Waals surface area contributed by atoms with Gasteiger partial charge in [-0.3, -0.25) is 9.79 Å². The number of allylic oxidation sites excluding steroid dienone is 4. The lowest BCUT2D eigenvalue weighted by Gasteiger charge is -2.16. The second-order valence-corrected chi connectivity index (χ2v) is 5.52. The van der Waals surface area contributed by atoms with E-state index in [0.29, 0.717) is 25.0 Å². The Bertz CT molecular complexity index is 448. The first-order valence-electron chi connectivity index (χ1n) is 8.29. The fourth-order valence-electron chi connectivity index (χ4n) is 2.38. The van der Waals surface area contributed by atoms with Crippen molar-refractivity contribution in [2.24, 2.45) is 10.9 Å². The highest BCUT2D eigenvalue weighted by Gasteiger charge is 2.32. The van der Waals surface area contributed by atoms with Crippen LogP contribution in [0, 0.1) is 5.92 Å². The first kappa shape index (κ1) is 21.6. The van der Waals surface area contributed by atoms with Crippen LogP contribution in [0.3, 0.4) is 0 Å². The average Bonchev–Trinajstić information content (AvgIpc) is 2.45. The van der Waals surface area contributed by atoms with Crippen molar-refractivity contribution in [1.29, 1.82) is 0 Å². The van der Waals surface area contributed by atoms with Gasteiger partial charge >= 0.3 is 6.18 Å². The minimum atomic E-state index is -4.41. The number of hydrogen-bond donors (Lipinski definition) is 0. The Morgan fingerprint density at radius 1 is 1.17 bits per heavy atom. The number of carbonyl (C=O) groups excluding carboxylic acids is 1. The summed E-state index contributed by atoms with van der Waals surface area (Å²) in [5, 5.41) is 0. The largest absolute Gasteiger partial charge is 0.417 e. The topological polar surface area (TPSA) is 29.4 Å². The predicted molar refractivity (Wildman–Crippen MR) is 89.6 cm³/mol. The van der Waals surface area contributed by atoms with Crippen LogP contribution >= 0.6 is 0 Å². The van der Waals surface area contributed by atoms with Gasteiger partial charge in [0.25, 0.3) is 0 Å². The van der Waals surface area contributed by atoms with Gasteiger partial charge in [0.2, 0.25) is 0 Å². The van der Waals surface area contributed by atoms with Crippen LogP contribution in [0.25, 0.3) is 0 Å². The Morgan fingerprint density at radius 2 is 1.83 bits per heavy atom. The summed E-state index contributed by atoms with van der Waals surface area (Å²) in [6.45, 7) is 7.33. The van der Waals surface area contributed by atoms with E-state index in [1.165, 1.54) is 0 Å². The highest BCUT2D eigenvalue weighted by atomic mass is 19.4. The van der Waals surface area contributed by atoms with E-state index in [-0.39, 0.29) is 11.7 Å². The minimum absolute atomic E-state index is 0.114. The second kappa shape index (κ2) is 11.2. The van der Waals surface area contributed by atoms with E-state index < -0.39 is 11.7 Å². The zero-order chi connectivity index (χ0) is 17.9. The lowest BCUT2D eigenvalue weighted by atomic mass is 9.92. The van der Waals surface area contributed by atoms with Crippen LogP contribution < -0.4 is 0 Å². The molecule has 1 atom stereocenters. The fourth-order valence-corrected chi connectivity index (χ4v) is 2.38. The number of alkyl halides is 3. The summed E-state index contributed by atoms with van der Waals surface area (Å²) in [5.41, 5.74) is -0.183. The number of halogens is 3. The summed E-state index contributed by atoms with van der Waals surface area (Å²) in [7, 11) is 0. The summed E-state index contributed by atoms with van der Waals surface area (Å²) in [6.07, 6.45) is 2.82. The van der Waals surface area contributed by atoms with Crippen LogP contribution in [0.2, 0.25) is 0 Å². The Morgan fingerprint density at radius 3 is 2.26 bits per heavy atom. The van der Waals surface area contributed by atoms with Crippen LogP contribution in [0.4, 0.5) is 13.2 Å². The molecule has 0 saturated heterocycles. The average molecular weight is 331 g/mol. The van der Waals surface area contributed by atoms with Crippen molar-refractivity contribution in [3.63, 3.8) is 0 Å². The highest BCUT2D eigenvalue weighted by Crippen LogP contribution is 2.27. The van der Waals surface area contributed by atoms with Gasteiger partial charge in [-0.15, -0.1) is 0 Å². The minimum Gasteiger partial charge on any atom is -0.300 e. The van der Waals surface area contributed by atoms with E-state index in [0.717, 1.165) is 31.6 Å². The van der Waals surface area contributed by atoms with Crippen LogP contribution in [0.15, 0.2) is 28.4 Å². The molecular weight excluding hydrogens is 303 g/mol. The first-order chi connectivity index (χ1) is 10.8. The van der Waals surface area contributed by atoms with E-state index in [1.54, 1.807) is 19.9 Å². The molecule has 0 bridgehead atoms. The maximum absolute atomic E-state index is 12.9. The molecule has 0 aliphatic rings. The van der Waals surface area contributed by atoms with Crippen LogP contribution in [-0.4, -0.2) is 18.2 Å². The molecule has 0 N–H and O–H groups in total. The molecule has 0 aliphatic carbocycles. The summed E-state index contributed by atoms with van der Waals surface area (Å²) in [6, 6.07) is 0. The molecule has 2 nitrogen and oxygen atoms in total. The molecule has 0 rings (SSSR count). The normalized spacial score (nSPS) is 15.3. The molecule has 1 unspecified atom stereocenters. The Hall–Kier alpha value is -1.39. The number of Topliss-reactive ketones (excluding diaryl/α,β-unsaturated/α-hetero) is 1. The second-order valence-electron chi connectivity index (χ2n) is 5.52. The third-order valence-electron chi connectivity index (χ3n) is 3.46. The molecule has 0 saturated carbocycles. The molecule has 0 radical (unpaired) electrons. The SMILES string of the molecule is C\C=C(/N=C/C(=C/CC)C(F)(F)F)C(CCC)CC(=O)CCC. The van der Waals surface area contributed by atoms with Gasteiger partial charge in [-0.05, 0) is 26.2 Å². The zero-order valence-corrected chi connectivity index (χ0v) is 14.5.